The SMILES string of the molecule is CCC(NC(=O)Cn1cc(C(=O)OC)c2ccccc21)c1ccccc1OC. The van der Waals surface area contributed by atoms with E-state index in [1.165, 1.54) is 7.11 Å². The van der Waals surface area contributed by atoms with Gasteiger partial charge in [-0.25, -0.2) is 4.79 Å². The number of hydrogen-bond acceptors (Lipinski definition) is 4. The molecule has 1 N–H and O–H groups in total. The van der Waals surface area contributed by atoms with E-state index in [1.54, 1.807) is 17.9 Å². The van der Waals surface area contributed by atoms with Gasteiger partial charge >= 0.3 is 5.97 Å². The molecule has 3 aromatic rings. The lowest BCUT2D eigenvalue weighted by Gasteiger charge is -2.20. The number of fused-ring (bicyclic) bond motifs is 1. The van der Waals surface area contributed by atoms with Crippen molar-refractivity contribution in [3.05, 3.63) is 65.9 Å². The van der Waals surface area contributed by atoms with Gasteiger partial charge in [0.15, 0.2) is 0 Å². The Labute approximate surface area is 164 Å². The largest absolute Gasteiger partial charge is 0.496 e. The van der Waals surface area contributed by atoms with Crippen LogP contribution in [0.1, 0.15) is 35.3 Å². The number of carbonyl (C=O) groups excluding carboxylic acids is 2. The van der Waals surface area contributed by atoms with Crippen molar-refractivity contribution in [3.63, 3.8) is 0 Å². The molecule has 0 bridgehead atoms. The second kappa shape index (κ2) is 8.61. The van der Waals surface area contributed by atoms with Crippen LogP contribution in [0.25, 0.3) is 10.9 Å². The molecule has 0 aliphatic heterocycles. The van der Waals surface area contributed by atoms with Crippen LogP contribution in [0.4, 0.5) is 0 Å². The summed E-state index contributed by atoms with van der Waals surface area (Å²) >= 11 is 0. The number of aromatic nitrogens is 1. The Balaban J connectivity index is 1.84. The maximum Gasteiger partial charge on any atom is 0.340 e. The predicted molar refractivity (Wildman–Crippen MR) is 107 cm³/mol. The minimum Gasteiger partial charge on any atom is -0.496 e. The summed E-state index contributed by atoms with van der Waals surface area (Å²) in [5.41, 5.74) is 2.19. The van der Waals surface area contributed by atoms with Crippen molar-refractivity contribution in [1.82, 2.24) is 9.88 Å². The molecule has 6 heteroatoms. The molecule has 0 spiro atoms. The van der Waals surface area contributed by atoms with Crippen LogP contribution in [0.5, 0.6) is 5.75 Å². The Morgan fingerprint density at radius 3 is 2.50 bits per heavy atom. The number of benzene rings is 2. The van der Waals surface area contributed by atoms with Crippen molar-refractivity contribution in [2.45, 2.75) is 25.9 Å². The monoisotopic (exact) mass is 380 g/mol. The molecule has 28 heavy (non-hydrogen) atoms. The number of nitrogens with zero attached hydrogens (tertiary/aromatic N) is 1. The number of amides is 1. The molecule has 1 amide bonds. The molecule has 6 nitrogen and oxygen atoms in total. The van der Waals surface area contributed by atoms with Crippen molar-refractivity contribution in [3.8, 4) is 5.75 Å². The summed E-state index contributed by atoms with van der Waals surface area (Å²) in [6.45, 7) is 2.11. The number of hydrogen-bond donors (Lipinski definition) is 1. The van der Waals surface area contributed by atoms with E-state index in [9.17, 15) is 9.59 Å². The van der Waals surface area contributed by atoms with Crippen molar-refractivity contribution in [2.75, 3.05) is 14.2 Å². The fraction of sp³-hybridized carbons (Fsp3) is 0.273. The van der Waals surface area contributed by atoms with Crippen LogP contribution in [0.15, 0.2) is 54.7 Å². The zero-order chi connectivity index (χ0) is 20.1. The molecule has 1 unspecified atom stereocenters. The van der Waals surface area contributed by atoms with E-state index in [4.69, 9.17) is 9.47 Å². The number of methoxy groups -OCH3 is 2. The molecule has 0 radical (unpaired) electrons. The molecule has 1 atom stereocenters. The smallest absolute Gasteiger partial charge is 0.340 e. The molecule has 1 heterocycles. The maximum absolute atomic E-state index is 12.8. The average Bonchev–Trinajstić information content (AvgIpc) is 3.10. The van der Waals surface area contributed by atoms with Crippen molar-refractivity contribution in [2.24, 2.45) is 0 Å². The second-order valence-corrected chi connectivity index (χ2v) is 6.45. The first-order chi connectivity index (χ1) is 13.6. The van der Waals surface area contributed by atoms with E-state index in [0.29, 0.717) is 5.56 Å². The van der Waals surface area contributed by atoms with Crippen LogP contribution in [-0.2, 0) is 16.1 Å². The highest BCUT2D eigenvalue weighted by molar-refractivity contribution is 6.04. The molecule has 0 fully saturated rings. The van der Waals surface area contributed by atoms with E-state index in [1.807, 2.05) is 55.5 Å². The van der Waals surface area contributed by atoms with Gasteiger partial charge in [0.2, 0.25) is 5.91 Å². The third-order valence-electron chi connectivity index (χ3n) is 4.77. The molecular weight excluding hydrogens is 356 g/mol. The summed E-state index contributed by atoms with van der Waals surface area (Å²) in [7, 11) is 2.97. The second-order valence-electron chi connectivity index (χ2n) is 6.45. The van der Waals surface area contributed by atoms with E-state index >= 15 is 0 Å². The van der Waals surface area contributed by atoms with Gasteiger partial charge in [-0.2, -0.15) is 0 Å². The van der Waals surface area contributed by atoms with Crippen LogP contribution < -0.4 is 10.1 Å². The number of ether oxygens (including phenoxy) is 2. The van der Waals surface area contributed by atoms with Gasteiger partial charge in [-0.15, -0.1) is 0 Å². The number of para-hydroxylation sites is 2. The quantitative estimate of drug-likeness (QED) is 0.635. The first kappa shape index (κ1) is 19.5. The number of rotatable bonds is 7. The highest BCUT2D eigenvalue weighted by atomic mass is 16.5. The van der Waals surface area contributed by atoms with Crippen molar-refractivity contribution >= 4 is 22.8 Å². The average molecular weight is 380 g/mol. The normalized spacial score (nSPS) is 11.8. The van der Waals surface area contributed by atoms with E-state index in [2.05, 4.69) is 5.32 Å². The van der Waals surface area contributed by atoms with Crippen LogP contribution in [-0.4, -0.2) is 30.7 Å². The zero-order valence-electron chi connectivity index (χ0n) is 16.3. The number of esters is 1. The van der Waals surface area contributed by atoms with Crippen LogP contribution in [0.3, 0.4) is 0 Å². The van der Waals surface area contributed by atoms with Gasteiger partial charge in [0.05, 0.1) is 25.8 Å². The van der Waals surface area contributed by atoms with Gasteiger partial charge in [0.1, 0.15) is 12.3 Å². The Kier molecular flexibility index (Phi) is 5.99. The van der Waals surface area contributed by atoms with Gasteiger partial charge < -0.3 is 19.4 Å². The van der Waals surface area contributed by atoms with Gasteiger partial charge in [0.25, 0.3) is 0 Å². The summed E-state index contributed by atoms with van der Waals surface area (Å²) < 4.78 is 12.1. The Hall–Kier alpha value is -3.28. The molecule has 0 saturated heterocycles. The predicted octanol–water partition coefficient (Wildman–Crippen LogP) is 3.70. The van der Waals surface area contributed by atoms with E-state index < -0.39 is 5.97 Å². The maximum atomic E-state index is 12.8. The minimum atomic E-state index is -0.421. The van der Waals surface area contributed by atoms with Crippen LogP contribution >= 0.6 is 0 Å². The highest BCUT2D eigenvalue weighted by Crippen LogP contribution is 2.27. The van der Waals surface area contributed by atoms with Crippen molar-refractivity contribution < 1.29 is 19.1 Å². The first-order valence-corrected chi connectivity index (χ1v) is 9.17. The van der Waals surface area contributed by atoms with E-state index in [-0.39, 0.29) is 18.5 Å². The molecule has 0 aliphatic rings. The highest BCUT2D eigenvalue weighted by Gasteiger charge is 2.19. The summed E-state index contributed by atoms with van der Waals surface area (Å²) in [5, 5.41) is 3.83. The molecular formula is C22H24N2O4. The summed E-state index contributed by atoms with van der Waals surface area (Å²) in [6.07, 6.45) is 2.39. The minimum absolute atomic E-state index is 0.100. The molecule has 146 valence electrons. The summed E-state index contributed by atoms with van der Waals surface area (Å²) in [5.74, 6) is 0.180. The molecule has 0 saturated carbocycles. The van der Waals surface area contributed by atoms with E-state index in [0.717, 1.165) is 28.6 Å². The third kappa shape index (κ3) is 3.86. The Morgan fingerprint density at radius 1 is 1.07 bits per heavy atom. The van der Waals surface area contributed by atoms with Gasteiger partial charge in [-0.3, -0.25) is 4.79 Å². The third-order valence-corrected chi connectivity index (χ3v) is 4.77. The van der Waals surface area contributed by atoms with Crippen LogP contribution in [0.2, 0.25) is 0 Å². The van der Waals surface area contributed by atoms with Gasteiger partial charge in [0, 0.05) is 22.7 Å². The van der Waals surface area contributed by atoms with Crippen molar-refractivity contribution in [1.29, 1.82) is 0 Å². The lowest BCUT2D eigenvalue weighted by atomic mass is 10.0. The standard InChI is InChI=1S/C22H24N2O4/c1-4-18(16-10-6-8-12-20(16)27-2)23-21(25)14-24-13-17(22(26)28-3)15-9-5-7-11-19(15)24/h5-13,18H,4,14H2,1-3H3,(H,23,25). The topological polar surface area (TPSA) is 69.6 Å². The Morgan fingerprint density at radius 2 is 1.79 bits per heavy atom. The molecule has 3 rings (SSSR count). The number of nitrogens with one attached hydrogen (secondary N) is 1. The fourth-order valence-corrected chi connectivity index (χ4v) is 3.40. The van der Waals surface area contributed by atoms with Gasteiger partial charge in [-0.05, 0) is 18.6 Å². The van der Waals surface area contributed by atoms with Crippen LogP contribution in [0, 0.1) is 0 Å². The zero-order valence-corrected chi connectivity index (χ0v) is 16.3. The molecule has 2 aromatic carbocycles. The summed E-state index contributed by atoms with van der Waals surface area (Å²) in [4.78, 5) is 24.8. The number of carbonyl (C=O) groups is 2. The lowest BCUT2D eigenvalue weighted by molar-refractivity contribution is -0.122. The summed E-state index contributed by atoms with van der Waals surface area (Å²) in [6, 6.07) is 15.0. The fourth-order valence-electron chi connectivity index (χ4n) is 3.40. The Bertz CT molecular complexity index is 993. The van der Waals surface area contributed by atoms with Gasteiger partial charge in [-0.1, -0.05) is 43.3 Å². The molecule has 0 aliphatic carbocycles. The first-order valence-electron chi connectivity index (χ1n) is 9.17. The molecule has 1 aromatic heterocycles. The lowest BCUT2D eigenvalue weighted by Crippen LogP contribution is -2.31.